The van der Waals surface area contributed by atoms with E-state index < -0.39 is 17.7 Å². The van der Waals surface area contributed by atoms with Crippen LogP contribution in [-0.4, -0.2) is 36.0 Å². The van der Waals surface area contributed by atoms with E-state index in [-0.39, 0.29) is 48.1 Å². The molecule has 0 bridgehead atoms. The van der Waals surface area contributed by atoms with Gasteiger partial charge in [-0.15, -0.1) is 0 Å². The molecule has 6 aromatic rings. The fourth-order valence-corrected chi connectivity index (χ4v) is 5.71. The van der Waals surface area contributed by atoms with E-state index in [1.54, 1.807) is 32.4 Å². The first-order valence-corrected chi connectivity index (χ1v) is 18.0. The number of amides is 2. The van der Waals surface area contributed by atoms with E-state index in [0.29, 0.717) is 22.9 Å². The van der Waals surface area contributed by atoms with Crippen molar-refractivity contribution in [3.8, 4) is 34.8 Å². The lowest BCUT2D eigenvalue weighted by atomic mass is 10.1. The van der Waals surface area contributed by atoms with Crippen LogP contribution in [0.4, 0.5) is 24.5 Å². The maximum atomic E-state index is 13.8. The van der Waals surface area contributed by atoms with Crippen LogP contribution in [0.5, 0.6) is 34.8 Å². The molecule has 2 amide bonds. The number of methoxy groups -OCH3 is 2. The van der Waals surface area contributed by atoms with Gasteiger partial charge in [0.05, 0.1) is 27.3 Å². The van der Waals surface area contributed by atoms with Gasteiger partial charge < -0.3 is 28.7 Å². The summed E-state index contributed by atoms with van der Waals surface area (Å²) >= 11 is 2.18. The van der Waals surface area contributed by atoms with Crippen LogP contribution in [0.3, 0.4) is 0 Å². The molecule has 0 saturated heterocycles. The minimum absolute atomic E-state index is 0.0197. The van der Waals surface area contributed by atoms with Crippen LogP contribution >= 0.6 is 22.6 Å². The highest BCUT2D eigenvalue weighted by atomic mass is 127. The molecule has 0 fully saturated rings. The molecule has 0 spiro atoms. The van der Waals surface area contributed by atoms with Gasteiger partial charge in [0.2, 0.25) is 35.5 Å². The van der Waals surface area contributed by atoms with E-state index in [9.17, 15) is 22.8 Å². The van der Waals surface area contributed by atoms with Crippen molar-refractivity contribution in [3.63, 3.8) is 0 Å². The van der Waals surface area contributed by atoms with Crippen molar-refractivity contribution in [1.82, 2.24) is 9.97 Å². The first-order valence-electron chi connectivity index (χ1n) is 17.0. The highest BCUT2D eigenvalue weighted by Gasteiger charge is 2.22. The summed E-state index contributed by atoms with van der Waals surface area (Å²) in [5.41, 5.74) is 2.23. The largest absolute Gasteiger partial charge is 0.496 e. The molecule has 0 N–H and O–H groups in total. The van der Waals surface area contributed by atoms with Crippen molar-refractivity contribution in [1.29, 1.82) is 0 Å². The second-order valence-electron chi connectivity index (χ2n) is 11.9. The third-order valence-corrected chi connectivity index (χ3v) is 8.77. The number of carbonyl (C=O) groups is 2. The summed E-state index contributed by atoms with van der Waals surface area (Å²) in [5, 5.41) is 0. The molecule has 0 radical (unpaired) electrons. The average molecular weight is 875 g/mol. The highest BCUT2D eigenvalue weighted by Crippen LogP contribution is 2.35. The van der Waals surface area contributed by atoms with Crippen LogP contribution in [0.2, 0.25) is 0 Å². The van der Waals surface area contributed by atoms with Gasteiger partial charge in [0.1, 0.15) is 40.2 Å². The van der Waals surface area contributed by atoms with Gasteiger partial charge in [-0.25, -0.2) is 4.39 Å². The summed E-state index contributed by atoms with van der Waals surface area (Å²) < 4.78 is 63.8. The number of halogens is 4. The Morgan fingerprint density at radius 1 is 0.571 bits per heavy atom. The Morgan fingerprint density at radius 2 is 0.964 bits per heavy atom. The number of aromatic nitrogens is 2. The molecule has 14 heteroatoms. The number of ether oxygens (including phenoxy) is 4. The van der Waals surface area contributed by atoms with Crippen LogP contribution < -0.4 is 28.7 Å². The van der Waals surface area contributed by atoms with E-state index in [4.69, 9.17) is 18.9 Å². The molecular weight excluding hydrogens is 838 g/mol. The van der Waals surface area contributed by atoms with Gasteiger partial charge in [-0.1, -0.05) is 36.4 Å². The SMILES string of the molecule is COc1ccccc1CN(C(C)=O)c1ccc([18F])nc1Oc1ccc(F)cc1.COc1ccccc1CN(C(C)=O)c1ccc([18F])nc1Oc1ccc(I)cc1. The third-order valence-electron chi connectivity index (χ3n) is 8.05. The van der Waals surface area contributed by atoms with Gasteiger partial charge in [0.15, 0.2) is 0 Å². The first-order chi connectivity index (χ1) is 26.9. The quantitative estimate of drug-likeness (QED) is 0.0885. The van der Waals surface area contributed by atoms with E-state index in [1.807, 2.05) is 54.6 Å². The summed E-state index contributed by atoms with van der Waals surface area (Å²) in [6.07, 6.45) is 0. The van der Waals surface area contributed by atoms with Crippen LogP contribution in [0, 0.1) is 21.3 Å². The molecular formula is C42H36F3IN4O6. The number of hydrogen-bond donors (Lipinski definition) is 0. The van der Waals surface area contributed by atoms with Crippen molar-refractivity contribution in [3.05, 3.63) is 154 Å². The fraction of sp³-hybridized carbons (Fsp3) is 0.143. The fourth-order valence-electron chi connectivity index (χ4n) is 5.35. The predicted molar refractivity (Wildman–Crippen MR) is 214 cm³/mol. The molecule has 0 unspecified atom stereocenters. The van der Waals surface area contributed by atoms with E-state index in [0.717, 1.165) is 20.8 Å². The van der Waals surface area contributed by atoms with Gasteiger partial charge in [-0.3, -0.25) is 9.59 Å². The van der Waals surface area contributed by atoms with Gasteiger partial charge in [0.25, 0.3) is 0 Å². The Labute approximate surface area is 335 Å². The maximum Gasteiger partial charge on any atom is 0.246 e. The smallest absolute Gasteiger partial charge is 0.246 e. The standard InChI is InChI=1S/C21H18F2N2O3.C21H18FIN2O3/c1-14(26)25(13-15-5-3-4-6-19(15)27-2)18-11-12-20(23)24-21(18)28-17-9-7-16(22)8-10-17;1-14(26)25(13-15-5-3-4-6-19(15)27-2)18-11-12-20(22)24-21(18)28-17-9-7-16(23)8-10-17/h2*3-12H,13H2,1-2H3/i23-1;22-1. The number of carbonyl (C=O) groups excluding carboxylic acids is 2. The van der Waals surface area contributed by atoms with Crippen molar-refractivity contribution >= 4 is 45.8 Å². The molecule has 0 saturated carbocycles. The topological polar surface area (TPSA) is 103 Å². The molecule has 288 valence electrons. The van der Waals surface area contributed by atoms with Crippen LogP contribution in [0.15, 0.2) is 121 Å². The lowest BCUT2D eigenvalue weighted by molar-refractivity contribution is -0.117. The van der Waals surface area contributed by atoms with Crippen molar-refractivity contribution in [2.75, 3.05) is 24.0 Å². The van der Waals surface area contributed by atoms with E-state index in [1.165, 1.54) is 66.1 Å². The number of benzene rings is 4. The molecule has 0 aliphatic heterocycles. The summed E-state index contributed by atoms with van der Waals surface area (Å²) in [4.78, 5) is 35.2. The van der Waals surface area contributed by atoms with E-state index >= 15 is 0 Å². The molecule has 0 aliphatic rings. The zero-order valence-corrected chi connectivity index (χ0v) is 32.9. The summed E-state index contributed by atoms with van der Waals surface area (Å²) in [6, 6.07) is 32.4. The lowest BCUT2D eigenvalue weighted by Crippen LogP contribution is -2.28. The Bertz CT molecular complexity index is 2120. The second-order valence-corrected chi connectivity index (χ2v) is 13.1. The summed E-state index contributed by atoms with van der Waals surface area (Å²) in [6.45, 7) is 3.23. The zero-order chi connectivity index (χ0) is 40.2. The molecule has 0 aliphatic carbocycles. The second kappa shape index (κ2) is 19.4. The maximum absolute atomic E-state index is 13.8. The lowest BCUT2D eigenvalue weighted by Gasteiger charge is -2.24. The minimum atomic E-state index is -0.762. The van der Waals surface area contributed by atoms with E-state index in [2.05, 4.69) is 32.6 Å². The van der Waals surface area contributed by atoms with Crippen molar-refractivity contribution in [2.45, 2.75) is 26.9 Å². The number of nitrogens with zero attached hydrogens (tertiary/aromatic N) is 4. The normalized spacial score (nSPS) is 10.4. The van der Waals surface area contributed by atoms with Crippen LogP contribution in [0.1, 0.15) is 25.0 Å². The molecule has 56 heavy (non-hydrogen) atoms. The van der Waals surface area contributed by atoms with Crippen LogP contribution in [0.25, 0.3) is 0 Å². The highest BCUT2D eigenvalue weighted by molar-refractivity contribution is 14.1. The summed E-state index contributed by atoms with van der Waals surface area (Å²) in [5.74, 6) is -0.443. The van der Waals surface area contributed by atoms with Gasteiger partial charge in [-0.05, 0) is 108 Å². The van der Waals surface area contributed by atoms with Crippen molar-refractivity contribution < 1.29 is 41.7 Å². The summed E-state index contributed by atoms with van der Waals surface area (Å²) in [7, 11) is 3.11. The zero-order valence-electron chi connectivity index (χ0n) is 30.7. The van der Waals surface area contributed by atoms with Gasteiger partial charge in [0, 0.05) is 28.5 Å². The Kier molecular flexibility index (Phi) is 14.2. The Balaban J connectivity index is 0.000000214. The average Bonchev–Trinajstić information content (AvgIpc) is 3.19. The first kappa shape index (κ1) is 41.0. The molecule has 2 aromatic heterocycles. The number of pyridine rings is 2. The molecule has 0 atom stereocenters. The van der Waals surface area contributed by atoms with Gasteiger partial charge >= 0.3 is 0 Å². The monoisotopic (exact) mass is 874 g/mol. The third kappa shape index (κ3) is 11.0. The number of hydrogen-bond acceptors (Lipinski definition) is 8. The molecule has 2 heterocycles. The van der Waals surface area contributed by atoms with Gasteiger partial charge in [-0.2, -0.15) is 18.7 Å². The predicted octanol–water partition coefficient (Wildman–Crippen LogP) is 9.89. The number of anilines is 2. The molecule has 6 rings (SSSR count). The van der Waals surface area contributed by atoms with Crippen molar-refractivity contribution in [2.24, 2.45) is 0 Å². The number of para-hydroxylation sites is 2. The number of rotatable bonds is 12. The Hall–Kier alpha value is -6.16. The molecule has 10 nitrogen and oxygen atoms in total. The van der Waals surface area contributed by atoms with Crippen LogP contribution in [-0.2, 0) is 22.7 Å². The molecule has 4 aromatic carbocycles. The minimum Gasteiger partial charge on any atom is -0.496 e. The Morgan fingerprint density at radius 3 is 1.36 bits per heavy atom.